The molecule has 0 spiro atoms. The summed E-state index contributed by atoms with van der Waals surface area (Å²) in [4.78, 5) is 26.3. The topological polar surface area (TPSA) is 49.4 Å². The summed E-state index contributed by atoms with van der Waals surface area (Å²) in [6, 6.07) is 4.05. The highest BCUT2D eigenvalue weighted by Gasteiger charge is 2.34. The number of carbonyl (C=O) groups is 2. The van der Waals surface area contributed by atoms with Crippen molar-refractivity contribution in [2.24, 2.45) is 5.92 Å². The Hall–Kier alpha value is -1.88. The van der Waals surface area contributed by atoms with E-state index in [0.29, 0.717) is 18.8 Å². The van der Waals surface area contributed by atoms with Gasteiger partial charge in [0.25, 0.3) is 0 Å². The van der Waals surface area contributed by atoms with Crippen LogP contribution in [0.25, 0.3) is 0 Å². The van der Waals surface area contributed by atoms with Gasteiger partial charge in [-0.25, -0.2) is 4.39 Å². The lowest BCUT2D eigenvalue weighted by Gasteiger charge is -2.19. The van der Waals surface area contributed by atoms with Crippen LogP contribution in [-0.2, 0) is 9.59 Å². The zero-order valence-corrected chi connectivity index (χ0v) is 14.8. The molecule has 2 aliphatic rings. The molecule has 1 fully saturated rings. The minimum Gasteiger partial charge on any atom is -0.342 e. The van der Waals surface area contributed by atoms with E-state index in [1.54, 1.807) is 4.90 Å². The van der Waals surface area contributed by atoms with Crippen LogP contribution in [0.15, 0.2) is 29.8 Å². The summed E-state index contributed by atoms with van der Waals surface area (Å²) >= 11 is 5.72. The van der Waals surface area contributed by atoms with Crippen molar-refractivity contribution in [1.29, 1.82) is 0 Å². The number of allylic oxidation sites excluding steroid dienone is 1. The number of nitrogens with one attached hydrogen (secondary N) is 1. The lowest BCUT2D eigenvalue weighted by atomic mass is 9.97. The highest BCUT2D eigenvalue weighted by Crippen LogP contribution is 2.25. The van der Waals surface area contributed by atoms with Crippen molar-refractivity contribution in [3.05, 3.63) is 40.7 Å². The normalized spacial score (nSPS) is 20.6. The van der Waals surface area contributed by atoms with Gasteiger partial charge in [0, 0.05) is 25.2 Å². The Labute approximate surface area is 152 Å². The van der Waals surface area contributed by atoms with Crippen molar-refractivity contribution in [2.45, 2.75) is 38.5 Å². The Morgan fingerprint density at radius 1 is 1.36 bits per heavy atom. The highest BCUT2D eigenvalue weighted by molar-refractivity contribution is 6.31. The third-order valence-electron chi connectivity index (χ3n) is 4.86. The first kappa shape index (κ1) is 17.9. The number of hydrogen-bond donors (Lipinski definition) is 1. The summed E-state index contributed by atoms with van der Waals surface area (Å²) in [6.45, 7) is 1.11. The van der Waals surface area contributed by atoms with Crippen molar-refractivity contribution in [1.82, 2.24) is 4.90 Å². The summed E-state index contributed by atoms with van der Waals surface area (Å²) in [5.74, 6) is -1.11. The SMILES string of the molecule is O=C(Nc1ccc(F)c(Cl)c1)C1CC(=O)N(CCC2=CCCCC2)C1. The molecule has 1 aliphatic carbocycles. The van der Waals surface area contributed by atoms with Crippen LogP contribution in [-0.4, -0.2) is 29.8 Å². The number of anilines is 1. The van der Waals surface area contributed by atoms with Gasteiger partial charge >= 0.3 is 0 Å². The number of benzene rings is 1. The van der Waals surface area contributed by atoms with Crippen LogP contribution in [0.3, 0.4) is 0 Å². The maximum atomic E-state index is 13.2. The molecule has 1 aliphatic heterocycles. The molecule has 1 aromatic rings. The minimum atomic E-state index is -0.529. The van der Waals surface area contributed by atoms with E-state index >= 15 is 0 Å². The van der Waals surface area contributed by atoms with Gasteiger partial charge in [0.2, 0.25) is 11.8 Å². The molecule has 0 aromatic heterocycles. The third kappa shape index (κ3) is 4.60. The average Bonchev–Trinajstić information content (AvgIpc) is 2.98. The summed E-state index contributed by atoms with van der Waals surface area (Å²) in [5, 5.41) is 2.68. The first-order valence-corrected chi connectivity index (χ1v) is 9.12. The number of likely N-dealkylation sites (tertiary alicyclic amines) is 1. The Balaban J connectivity index is 1.53. The maximum Gasteiger partial charge on any atom is 0.229 e. The van der Waals surface area contributed by atoms with Crippen molar-refractivity contribution < 1.29 is 14.0 Å². The van der Waals surface area contributed by atoms with Gasteiger partial charge in [-0.2, -0.15) is 0 Å². The Bertz CT molecular complexity index is 705. The molecule has 134 valence electrons. The lowest BCUT2D eigenvalue weighted by Crippen LogP contribution is -2.29. The molecular weight excluding hydrogens is 343 g/mol. The molecule has 4 nitrogen and oxygen atoms in total. The molecule has 1 heterocycles. The van der Waals surface area contributed by atoms with E-state index in [2.05, 4.69) is 11.4 Å². The van der Waals surface area contributed by atoms with Gasteiger partial charge in [-0.05, 0) is 50.3 Å². The molecule has 0 saturated carbocycles. The van der Waals surface area contributed by atoms with Crippen LogP contribution >= 0.6 is 11.6 Å². The van der Waals surface area contributed by atoms with Gasteiger partial charge in [-0.15, -0.1) is 0 Å². The largest absolute Gasteiger partial charge is 0.342 e. The van der Waals surface area contributed by atoms with Crippen LogP contribution in [0.2, 0.25) is 5.02 Å². The number of hydrogen-bond acceptors (Lipinski definition) is 2. The predicted octanol–water partition coefficient (Wildman–Crippen LogP) is 4.16. The third-order valence-corrected chi connectivity index (χ3v) is 5.15. The number of amides is 2. The van der Waals surface area contributed by atoms with Gasteiger partial charge in [-0.3, -0.25) is 9.59 Å². The summed E-state index contributed by atoms with van der Waals surface area (Å²) in [5.41, 5.74) is 1.86. The second-order valence-corrected chi connectivity index (χ2v) is 7.12. The molecule has 1 saturated heterocycles. The van der Waals surface area contributed by atoms with Crippen LogP contribution in [0.4, 0.5) is 10.1 Å². The van der Waals surface area contributed by atoms with E-state index in [-0.39, 0.29) is 29.2 Å². The number of carbonyl (C=O) groups excluding carboxylic acids is 2. The Morgan fingerprint density at radius 2 is 2.20 bits per heavy atom. The standard InChI is InChI=1S/C19H22ClFN2O2/c20-16-11-15(6-7-17(16)21)22-19(25)14-10-18(24)23(12-14)9-8-13-4-2-1-3-5-13/h4,6-7,11,14H,1-3,5,8-10,12H2,(H,22,25). The predicted molar refractivity (Wildman–Crippen MR) is 95.9 cm³/mol. The number of nitrogens with zero attached hydrogens (tertiary/aromatic N) is 1. The fourth-order valence-electron chi connectivity index (χ4n) is 3.39. The van der Waals surface area contributed by atoms with E-state index < -0.39 is 5.82 Å². The summed E-state index contributed by atoms with van der Waals surface area (Å²) < 4.78 is 13.2. The number of rotatable bonds is 5. The van der Waals surface area contributed by atoms with E-state index in [1.165, 1.54) is 36.6 Å². The monoisotopic (exact) mass is 364 g/mol. The number of halogens is 2. The molecule has 1 atom stereocenters. The minimum absolute atomic E-state index is 0.0219. The van der Waals surface area contributed by atoms with Gasteiger partial charge in [0.1, 0.15) is 5.82 Å². The molecule has 6 heteroatoms. The summed E-state index contributed by atoms with van der Waals surface area (Å²) in [6.07, 6.45) is 8.14. The zero-order chi connectivity index (χ0) is 17.8. The lowest BCUT2D eigenvalue weighted by molar-refractivity contribution is -0.128. The van der Waals surface area contributed by atoms with Gasteiger partial charge < -0.3 is 10.2 Å². The van der Waals surface area contributed by atoms with Crippen molar-refractivity contribution in [3.8, 4) is 0 Å². The zero-order valence-electron chi connectivity index (χ0n) is 14.1. The van der Waals surface area contributed by atoms with Crippen LogP contribution in [0.1, 0.15) is 38.5 Å². The molecule has 3 rings (SSSR count). The molecule has 1 aromatic carbocycles. The molecule has 0 bridgehead atoms. The second kappa shape index (κ2) is 8.00. The molecule has 1 unspecified atom stereocenters. The molecule has 25 heavy (non-hydrogen) atoms. The fraction of sp³-hybridized carbons (Fsp3) is 0.474. The first-order valence-electron chi connectivity index (χ1n) is 8.74. The Kier molecular flexibility index (Phi) is 5.74. The highest BCUT2D eigenvalue weighted by atomic mass is 35.5. The van der Waals surface area contributed by atoms with Crippen molar-refractivity contribution in [3.63, 3.8) is 0 Å². The van der Waals surface area contributed by atoms with Crippen LogP contribution in [0.5, 0.6) is 0 Å². The fourth-order valence-corrected chi connectivity index (χ4v) is 3.57. The smallest absolute Gasteiger partial charge is 0.229 e. The second-order valence-electron chi connectivity index (χ2n) is 6.72. The summed E-state index contributed by atoms with van der Waals surface area (Å²) in [7, 11) is 0. The van der Waals surface area contributed by atoms with E-state index in [4.69, 9.17) is 11.6 Å². The van der Waals surface area contributed by atoms with Gasteiger partial charge in [-0.1, -0.05) is 23.3 Å². The Morgan fingerprint density at radius 3 is 2.92 bits per heavy atom. The first-order chi connectivity index (χ1) is 12.0. The molecule has 1 N–H and O–H groups in total. The van der Waals surface area contributed by atoms with Crippen LogP contribution < -0.4 is 5.32 Å². The molecule has 0 radical (unpaired) electrons. The van der Waals surface area contributed by atoms with Crippen molar-refractivity contribution >= 4 is 29.1 Å². The van der Waals surface area contributed by atoms with Crippen molar-refractivity contribution in [2.75, 3.05) is 18.4 Å². The molecule has 2 amide bonds. The van der Waals surface area contributed by atoms with E-state index in [1.807, 2.05) is 0 Å². The maximum absolute atomic E-state index is 13.2. The van der Waals surface area contributed by atoms with E-state index in [9.17, 15) is 14.0 Å². The van der Waals surface area contributed by atoms with Gasteiger partial charge in [0.05, 0.1) is 10.9 Å². The average molecular weight is 365 g/mol. The molecular formula is C19H22ClFN2O2. The van der Waals surface area contributed by atoms with Crippen LogP contribution in [0, 0.1) is 11.7 Å². The van der Waals surface area contributed by atoms with E-state index in [0.717, 1.165) is 19.3 Å². The van der Waals surface area contributed by atoms with Gasteiger partial charge in [0.15, 0.2) is 0 Å². The quantitative estimate of drug-likeness (QED) is 0.797.